The Labute approximate surface area is 133 Å². The number of aromatic amines is 1. The molecule has 2 rings (SSSR count). The predicted molar refractivity (Wildman–Crippen MR) is 83.9 cm³/mol. The van der Waals surface area contributed by atoms with Crippen LogP contribution in [0.15, 0.2) is 30.3 Å². The van der Waals surface area contributed by atoms with E-state index in [4.69, 9.17) is 16.3 Å². The summed E-state index contributed by atoms with van der Waals surface area (Å²) in [5.41, 5.74) is 1.71. The molecular weight excluding hydrogens is 306 g/mol. The molecule has 1 heterocycles. The van der Waals surface area contributed by atoms with Crippen LogP contribution < -0.4 is 5.32 Å². The van der Waals surface area contributed by atoms with Gasteiger partial charge in [-0.25, -0.2) is 0 Å². The molecule has 6 nitrogen and oxygen atoms in total. The Morgan fingerprint density at radius 1 is 1.50 bits per heavy atom. The molecule has 1 aromatic carbocycles. The molecule has 3 N–H and O–H groups in total. The highest BCUT2D eigenvalue weighted by molar-refractivity contribution is 6.33. The summed E-state index contributed by atoms with van der Waals surface area (Å²) in [7, 11) is 1.52. The number of rotatable bonds is 7. The number of ether oxygens (including phenoxy) is 1. The van der Waals surface area contributed by atoms with E-state index in [1.807, 2.05) is 18.2 Å². The van der Waals surface area contributed by atoms with E-state index < -0.39 is 6.10 Å². The molecule has 0 radical (unpaired) electrons. The van der Waals surface area contributed by atoms with Crippen LogP contribution in [0.25, 0.3) is 11.3 Å². The summed E-state index contributed by atoms with van der Waals surface area (Å²) < 4.78 is 4.82. The third-order valence-corrected chi connectivity index (χ3v) is 3.42. The number of amides is 1. The van der Waals surface area contributed by atoms with Crippen molar-refractivity contribution in [2.45, 2.75) is 12.5 Å². The zero-order chi connectivity index (χ0) is 15.9. The van der Waals surface area contributed by atoms with Crippen molar-refractivity contribution in [1.82, 2.24) is 15.5 Å². The maximum absolute atomic E-state index is 12.0. The molecule has 0 bridgehead atoms. The zero-order valence-electron chi connectivity index (χ0n) is 12.2. The van der Waals surface area contributed by atoms with Crippen LogP contribution >= 0.6 is 11.6 Å². The number of hydrogen-bond donors (Lipinski definition) is 3. The van der Waals surface area contributed by atoms with Gasteiger partial charge in [0.15, 0.2) is 0 Å². The molecule has 0 saturated carbocycles. The van der Waals surface area contributed by atoms with Crippen molar-refractivity contribution < 1.29 is 14.6 Å². The fraction of sp³-hybridized carbons (Fsp3) is 0.333. The Hall–Kier alpha value is -1.89. The van der Waals surface area contributed by atoms with Gasteiger partial charge in [-0.1, -0.05) is 29.8 Å². The maximum Gasteiger partial charge on any atom is 0.269 e. The topological polar surface area (TPSA) is 87.2 Å². The number of methoxy groups -OCH3 is 1. The second-order valence-electron chi connectivity index (χ2n) is 4.80. The van der Waals surface area contributed by atoms with Crippen molar-refractivity contribution in [2.24, 2.45) is 0 Å². The Balaban J connectivity index is 1.94. The lowest BCUT2D eigenvalue weighted by atomic mass is 10.1. The molecule has 1 atom stereocenters. The molecule has 1 amide bonds. The second kappa shape index (κ2) is 7.93. The number of benzene rings is 1. The van der Waals surface area contributed by atoms with E-state index in [0.29, 0.717) is 29.4 Å². The van der Waals surface area contributed by atoms with Crippen LogP contribution in [-0.4, -0.2) is 47.6 Å². The first-order valence-electron chi connectivity index (χ1n) is 6.87. The van der Waals surface area contributed by atoms with Crippen LogP contribution in [0, 0.1) is 0 Å². The third kappa shape index (κ3) is 4.30. The number of aliphatic hydroxyl groups is 1. The quantitative estimate of drug-likeness (QED) is 0.725. The van der Waals surface area contributed by atoms with Gasteiger partial charge in [-0.05, 0) is 18.6 Å². The number of halogens is 1. The number of aliphatic hydroxyl groups excluding tert-OH is 1. The fourth-order valence-electron chi connectivity index (χ4n) is 1.97. The summed E-state index contributed by atoms with van der Waals surface area (Å²) in [6.45, 7) is 0.598. The van der Waals surface area contributed by atoms with Crippen molar-refractivity contribution >= 4 is 17.5 Å². The predicted octanol–water partition coefficient (Wildman–Crippen LogP) is 1.86. The normalized spacial score (nSPS) is 12.1. The molecular formula is C15H18ClN3O3. The number of carbonyl (C=O) groups excluding carboxylic acids is 1. The van der Waals surface area contributed by atoms with Crippen molar-refractivity contribution in [3.8, 4) is 11.3 Å². The van der Waals surface area contributed by atoms with Crippen LogP contribution in [0.3, 0.4) is 0 Å². The minimum absolute atomic E-state index is 0.247. The summed E-state index contributed by atoms with van der Waals surface area (Å²) in [5.74, 6) is -0.282. The van der Waals surface area contributed by atoms with Crippen LogP contribution in [-0.2, 0) is 4.74 Å². The van der Waals surface area contributed by atoms with Crippen molar-refractivity contribution in [1.29, 1.82) is 0 Å². The SMILES string of the molecule is COCC(O)CCNC(=O)c1cc(-c2ccccc2Cl)n[nH]1. The fourth-order valence-corrected chi connectivity index (χ4v) is 2.20. The summed E-state index contributed by atoms with van der Waals surface area (Å²) in [5, 5.41) is 19.6. The molecule has 118 valence electrons. The van der Waals surface area contributed by atoms with E-state index in [9.17, 15) is 9.90 Å². The number of hydrogen-bond acceptors (Lipinski definition) is 4. The molecule has 0 saturated heterocycles. The average molecular weight is 324 g/mol. The largest absolute Gasteiger partial charge is 0.391 e. The minimum atomic E-state index is -0.592. The molecule has 1 unspecified atom stereocenters. The maximum atomic E-state index is 12.0. The second-order valence-corrected chi connectivity index (χ2v) is 5.21. The van der Waals surface area contributed by atoms with Crippen LogP contribution in [0.2, 0.25) is 5.02 Å². The summed E-state index contributed by atoms with van der Waals surface area (Å²) in [4.78, 5) is 12.0. The van der Waals surface area contributed by atoms with Crippen LogP contribution in [0.1, 0.15) is 16.9 Å². The zero-order valence-corrected chi connectivity index (χ0v) is 12.9. The average Bonchev–Trinajstić information content (AvgIpc) is 2.97. The molecule has 2 aromatic rings. The highest BCUT2D eigenvalue weighted by atomic mass is 35.5. The van der Waals surface area contributed by atoms with Crippen molar-refractivity contribution in [3.05, 3.63) is 41.0 Å². The van der Waals surface area contributed by atoms with E-state index in [1.165, 1.54) is 7.11 Å². The summed E-state index contributed by atoms with van der Waals surface area (Å²) in [6, 6.07) is 8.93. The van der Waals surface area contributed by atoms with Crippen molar-refractivity contribution in [2.75, 3.05) is 20.3 Å². The first kappa shape index (κ1) is 16.5. The minimum Gasteiger partial charge on any atom is -0.391 e. The van der Waals surface area contributed by atoms with Gasteiger partial charge in [0.05, 0.1) is 23.4 Å². The smallest absolute Gasteiger partial charge is 0.269 e. The Bertz CT molecular complexity index is 630. The van der Waals surface area contributed by atoms with Gasteiger partial charge in [-0.2, -0.15) is 5.10 Å². The van der Waals surface area contributed by atoms with Crippen LogP contribution in [0.5, 0.6) is 0 Å². The molecule has 0 aliphatic rings. The molecule has 7 heteroatoms. The van der Waals surface area contributed by atoms with E-state index in [1.54, 1.807) is 12.1 Å². The molecule has 0 aliphatic heterocycles. The highest BCUT2D eigenvalue weighted by Gasteiger charge is 2.13. The number of H-pyrrole nitrogens is 1. The monoisotopic (exact) mass is 323 g/mol. The van der Waals surface area contributed by atoms with Gasteiger partial charge in [0.25, 0.3) is 5.91 Å². The van der Waals surface area contributed by atoms with Gasteiger partial charge < -0.3 is 15.2 Å². The van der Waals surface area contributed by atoms with Gasteiger partial charge in [0.2, 0.25) is 0 Å². The number of nitrogens with one attached hydrogen (secondary N) is 2. The first-order chi connectivity index (χ1) is 10.6. The molecule has 1 aromatic heterocycles. The van der Waals surface area contributed by atoms with Gasteiger partial charge in [0, 0.05) is 19.2 Å². The Morgan fingerprint density at radius 2 is 2.27 bits per heavy atom. The van der Waals surface area contributed by atoms with E-state index >= 15 is 0 Å². The summed E-state index contributed by atoms with van der Waals surface area (Å²) >= 11 is 6.10. The summed E-state index contributed by atoms with van der Waals surface area (Å²) in [6.07, 6.45) is -0.170. The highest BCUT2D eigenvalue weighted by Crippen LogP contribution is 2.26. The van der Waals surface area contributed by atoms with Crippen molar-refractivity contribution in [3.63, 3.8) is 0 Å². The number of nitrogens with zero attached hydrogens (tertiary/aromatic N) is 1. The lowest BCUT2D eigenvalue weighted by molar-refractivity contribution is 0.0587. The van der Waals surface area contributed by atoms with E-state index in [0.717, 1.165) is 5.56 Å². The lowest BCUT2D eigenvalue weighted by Gasteiger charge is -2.09. The van der Waals surface area contributed by atoms with Crippen LogP contribution in [0.4, 0.5) is 0 Å². The number of carbonyl (C=O) groups is 1. The Kier molecular flexibility index (Phi) is 5.94. The van der Waals surface area contributed by atoms with Gasteiger partial charge >= 0.3 is 0 Å². The van der Waals surface area contributed by atoms with Gasteiger partial charge in [-0.3, -0.25) is 9.89 Å². The van der Waals surface area contributed by atoms with Gasteiger partial charge in [0.1, 0.15) is 5.69 Å². The standard InChI is InChI=1S/C15H18ClN3O3/c1-22-9-10(20)6-7-17-15(21)14-8-13(18-19-14)11-4-2-3-5-12(11)16/h2-5,8,10,20H,6-7,9H2,1H3,(H,17,21)(H,18,19). The molecule has 0 spiro atoms. The van der Waals surface area contributed by atoms with Gasteiger partial charge in [-0.15, -0.1) is 0 Å². The van der Waals surface area contributed by atoms with E-state index in [2.05, 4.69) is 15.5 Å². The van der Waals surface area contributed by atoms with E-state index in [-0.39, 0.29) is 12.5 Å². The molecule has 0 fully saturated rings. The number of aromatic nitrogens is 2. The third-order valence-electron chi connectivity index (χ3n) is 3.09. The molecule has 0 aliphatic carbocycles. The lowest BCUT2D eigenvalue weighted by Crippen LogP contribution is -2.28. The molecule has 22 heavy (non-hydrogen) atoms. The first-order valence-corrected chi connectivity index (χ1v) is 7.25. The Morgan fingerprint density at radius 3 is 3.00 bits per heavy atom.